The third-order valence-corrected chi connectivity index (χ3v) is 2.93. The van der Waals surface area contributed by atoms with Crippen LogP contribution in [0.25, 0.3) is 0 Å². The SMILES string of the molecule is Cc1ccc(NCC(O)COC(C)C)c(Br)c1. The lowest BCUT2D eigenvalue weighted by Crippen LogP contribution is -2.26. The summed E-state index contributed by atoms with van der Waals surface area (Å²) >= 11 is 3.48. The zero-order valence-corrected chi connectivity index (χ0v) is 12.1. The van der Waals surface area contributed by atoms with E-state index in [-0.39, 0.29) is 6.10 Å². The van der Waals surface area contributed by atoms with Crippen LogP contribution in [-0.4, -0.2) is 30.5 Å². The molecule has 0 aliphatic heterocycles. The van der Waals surface area contributed by atoms with Crippen LogP contribution in [0.15, 0.2) is 22.7 Å². The third kappa shape index (κ3) is 5.52. The Balaban J connectivity index is 2.39. The molecule has 0 amide bonds. The zero-order valence-electron chi connectivity index (χ0n) is 10.5. The summed E-state index contributed by atoms with van der Waals surface area (Å²) in [6.07, 6.45) is -0.346. The summed E-state index contributed by atoms with van der Waals surface area (Å²) in [7, 11) is 0. The van der Waals surface area contributed by atoms with Gasteiger partial charge in [0.1, 0.15) is 0 Å². The van der Waals surface area contributed by atoms with Crippen LogP contribution in [-0.2, 0) is 4.74 Å². The number of benzene rings is 1. The number of ether oxygens (including phenoxy) is 1. The van der Waals surface area contributed by atoms with Crippen molar-refractivity contribution in [3.63, 3.8) is 0 Å². The van der Waals surface area contributed by atoms with Crippen molar-refractivity contribution >= 4 is 21.6 Å². The Morgan fingerprint density at radius 2 is 2.12 bits per heavy atom. The van der Waals surface area contributed by atoms with Crippen molar-refractivity contribution in [3.05, 3.63) is 28.2 Å². The predicted molar refractivity (Wildman–Crippen MR) is 74.5 cm³/mol. The van der Waals surface area contributed by atoms with Crippen molar-refractivity contribution in [2.45, 2.75) is 33.0 Å². The van der Waals surface area contributed by atoms with Gasteiger partial charge >= 0.3 is 0 Å². The number of aliphatic hydroxyl groups is 1. The maximum Gasteiger partial charge on any atom is 0.0945 e. The molecule has 0 heterocycles. The molecule has 4 heteroatoms. The van der Waals surface area contributed by atoms with Gasteiger partial charge < -0.3 is 15.2 Å². The first-order chi connectivity index (χ1) is 7.99. The van der Waals surface area contributed by atoms with E-state index in [0.717, 1.165) is 10.2 Å². The van der Waals surface area contributed by atoms with Crippen molar-refractivity contribution in [2.24, 2.45) is 0 Å². The van der Waals surface area contributed by atoms with Crippen LogP contribution in [0, 0.1) is 6.92 Å². The lowest BCUT2D eigenvalue weighted by molar-refractivity contribution is 0.0112. The molecular formula is C13H20BrNO2. The topological polar surface area (TPSA) is 41.5 Å². The van der Waals surface area contributed by atoms with Gasteiger partial charge in [0.05, 0.1) is 18.8 Å². The van der Waals surface area contributed by atoms with Crippen LogP contribution < -0.4 is 5.32 Å². The van der Waals surface area contributed by atoms with Gasteiger partial charge in [0.2, 0.25) is 0 Å². The molecule has 17 heavy (non-hydrogen) atoms. The fourth-order valence-corrected chi connectivity index (χ4v) is 1.99. The van der Waals surface area contributed by atoms with Gasteiger partial charge in [-0.1, -0.05) is 6.07 Å². The third-order valence-electron chi connectivity index (χ3n) is 2.27. The molecule has 2 N–H and O–H groups in total. The van der Waals surface area contributed by atoms with Crippen LogP contribution >= 0.6 is 15.9 Å². The lowest BCUT2D eigenvalue weighted by atomic mass is 10.2. The summed E-state index contributed by atoms with van der Waals surface area (Å²) in [5.41, 5.74) is 2.19. The average molecular weight is 302 g/mol. The van der Waals surface area contributed by atoms with Gasteiger partial charge in [-0.15, -0.1) is 0 Å². The summed E-state index contributed by atoms with van der Waals surface area (Å²) in [6.45, 7) is 6.79. The first-order valence-electron chi connectivity index (χ1n) is 5.78. The summed E-state index contributed by atoms with van der Waals surface area (Å²) in [5, 5.41) is 12.9. The van der Waals surface area contributed by atoms with E-state index in [2.05, 4.69) is 21.2 Å². The van der Waals surface area contributed by atoms with Crippen molar-refractivity contribution < 1.29 is 9.84 Å². The molecule has 0 saturated carbocycles. The van der Waals surface area contributed by atoms with E-state index in [4.69, 9.17) is 4.74 Å². The monoisotopic (exact) mass is 301 g/mol. The van der Waals surface area contributed by atoms with E-state index in [0.29, 0.717) is 13.2 Å². The molecule has 3 nitrogen and oxygen atoms in total. The molecule has 0 aliphatic carbocycles. The minimum atomic E-state index is -0.495. The average Bonchev–Trinajstić information content (AvgIpc) is 2.25. The summed E-state index contributed by atoms with van der Waals surface area (Å²) in [4.78, 5) is 0. The number of aryl methyl sites for hydroxylation is 1. The number of hydrogen-bond acceptors (Lipinski definition) is 3. The van der Waals surface area contributed by atoms with Crippen LogP contribution in [0.1, 0.15) is 19.4 Å². The second-order valence-corrected chi connectivity index (χ2v) is 5.25. The van der Waals surface area contributed by atoms with Gasteiger partial charge in [0, 0.05) is 16.7 Å². The molecule has 1 aromatic carbocycles. The Bertz CT molecular complexity index is 355. The first kappa shape index (κ1) is 14.5. The van der Waals surface area contributed by atoms with E-state index in [1.807, 2.05) is 39.0 Å². The molecule has 0 aliphatic rings. The van der Waals surface area contributed by atoms with Crippen molar-refractivity contribution in [1.82, 2.24) is 0 Å². The van der Waals surface area contributed by atoms with Gasteiger partial charge in [-0.05, 0) is 54.4 Å². The fourth-order valence-electron chi connectivity index (χ4n) is 1.35. The highest BCUT2D eigenvalue weighted by Crippen LogP contribution is 2.23. The number of aliphatic hydroxyl groups excluding tert-OH is 1. The second-order valence-electron chi connectivity index (χ2n) is 4.40. The van der Waals surface area contributed by atoms with Gasteiger partial charge in [0.15, 0.2) is 0 Å². The molecule has 0 saturated heterocycles. The maximum atomic E-state index is 9.70. The lowest BCUT2D eigenvalue weighted by Gasteiger charge is -2.15. The largest absolute Gasteiger partial charge is 0.389 e. The Kier molecular flexibility index (Phi) is 5.95. The molecular weight excluding hydrogens is 282 g/mol. The number of rotatable bonds is 6. The predicted octanol–water partition coefficient (Wildman–Crippen LogP) is 2.96. The van der Waals surface area contributed by atoms with Gasteiger partial charge in [-0.3, -0.25) is 0 Å². The number of anilines is 1. The van der Waals surface area contributed by atoms with E-state index >= 15 is 0 Å². The molecule has 0 fully saturated rings. The molecule has 1 atom stereocenters. The van der Waals surface area contributed by atoms with E-state index in [1.165, 1.54) is 5.56 Å². The van der Waals surface area contributed by atoms with Gasteiger partial charge in [-0.2, -0.15) is 0 Å². The van der Waals surface area contributed by atoms with Crippen LogP contribution in [0.5, 0.6) is 0 Å². The molecule has 1 unspecified atom stereocenters. The number of halogens is 1. The standard InChI is InChI=1S/C13H20BrNO2/c1-9(2)17-8-11(16)7-15-13-5-4-10(3)6-12(13)14/h4-6,9,11,15-16H,7-8H2,1-3H3. The summed E-state index contributed by atoms with van der Waals surface area (Å²) < 4.78 is 6.35. The molecule has 0 aromatic heterocycles. The van der Waals surface area contributed by atoms with Crippen LogP contribution in [0.2, 0.25) is 0 Å². The van der Waals surface area contributed by atoms with Crippen LogP contribution in [0.3, 0.4) is 0 Å². The number of hydrogen-bond donors (Lipinski definition) is 2. The molecule has 1 rings (SSSR count). The normalized spacial score (nSPS) is 12.8. The highest BCUT2D eigenvalue weighted by Gasteiger charge is 2.06. The van der Waals surface area contributed by atoms with Crippen molar-refractivity contribution in [2.75, 3.05) is 18.5 Å². The van der Waals surface area contributed by atoms with E-state index in [9.17, 15) is 5.11 Å². The Hall–Kier alpha value is -0.580. The molecule has 0 radical (unpaired) electrons. The van der Waals surface area contributed by atoms with Gasteiger partial charge in [-0.25, -0.2) is 0 Å². The minimum absolute atomic E-state index is 0.149. The molecule has 1 aromatic rings. The zero-order chi connectivity index (χ0) is 12.8. The Morgan fingerprint density at radius 3 is 2.71 bits per heavy atom. The first-order valence-corrected chi connectivity index (χ1v) is 6.58. The van der Waals surface area contributed by atoms with Crippen molar-refractivity contribution in [1.29, 1.82) is 0 Å². The summed E-state index contributed by atoms with van der Waals surface area (Å²) in [6, 6.07) is 6.07. The highest BCUT2D eigenvalue weighted by molar-refractivity contribution is 9.10. The summed E-state index contributed by atoms with van der Waals surface area (Å²) in [5.74, 6) is 0. The Labute approximate surface area is 111 Å². The molecule has 0 bridgehead atoms. The highest BCUT2D eigenvalue weighted by atomic mass is 79.9. The Morgan fingerprint density at radius 1 is 1.41 bits per heavy atom. The van der Waals surface area contributed by atoms with Crippen molar-refractivity contribution in [3.8, 4) is 0 Å². The quantitative estimate of drug-likeness (QED) is 0.849. The second kappa shape index (κ2) is 6.99. The van der Waals surface area contributed by atoms with Crippen LogP contribution in [0.4, 0.5) is 5.69 Å². The smallest absolute Gasteiger partial charge is 0.0945 e. The fraction of sp³-hybridized carbons (Fsp3) is 0.538. The van der Waals surface area contributed by atoms with Gasteiger partial charge in [0.25, 0.3) is 0 Å². The maximum absolute atomic E-state index is 9.70. The molecule has 0 spiro atoms. The minimum Gasteiger partial charge on any atom is -0.389 e. The number of nitrogens with one attached hydrogen (secondary N) is 1. The molecule has 96 valence electrons. The van der Waals surface area contributed by atoms with E-state index in [1.54, 1.807) is 0 Å². The van der Waals surface area contributed by atoms with E-state index < -0.39 is 6.10 Å².